The van der Waals surface area contributed by atoms with Crippen LogP contribution < -0.4 is 4.72 Å². The maximum Gasteiger partial charge on any atom is 0.260 e. The van der Waals surface area contributed by atoms with Crippen molar-refractivity contribution in [2.45, 2.75) is 32.2 Å². The normalized spacial score (nSPS) is 12.2. The monoisotopic (exact) mass is 267 g/mol. The lowest BCUT2D eigenvalue weighted by atomic mass is 10.3. The summed E-state index contributed by atoms with van der Waals surface area (Å²) in [4.78, 5) is 4.19. The number of nitrogens with one attached hydrogen (secondary N) is 1. The van der Waals surface area contributed by atoms with Crippen LogP contribution in [0, 0.1) is 13.8 Å². The average Bonchev–Trinajstić information content (AvgIpc) is 2.66. The van der Waals surface area contributed by atoms with E-state index in [1.165, 1.54) is 0 Å². The van der Waals surface area contributed by atoms with E-state index in [-0.39, 0.29) is 5.03 Å². The van der Waals surface area contributed by atoms with Crippen molar-refractivity contribution in [2.24, 2.45) is 0 Å². The molecular weight excluding hydrogens is 250 g/mol. The van der Waals surface area contributed by atoms with Crippen molar-refractivity contribution >= 4 is 15.5 Å². The van der Waals surface area contributed by atoms with Crippen LogP contribution in [0.15, 0.2) is 23.2 Å². The van der Waals surface area contributed by atoms with Gasteiger partial charge in [-0.25, -0.2) is 18.1 Å². The summed E-state index contributed by atoms with van der Waals surface area (Å²) >= 11 is 0. The van der Waals surface area contributed by atoms with Crippen LogP contribution in [0.2, 0.25) is 0 Å². The Morgan fingerprint density at radius 1 is 1.33 bits per heavy atom. The van der Waals surface area contributed by atoms with E-state index in [0.29, 0.717) is 17.9 Å². The fourth-order valence-electron chi connectivity index (χ4n) is 1.97. The summed E-state index contributed by atoms with van der Waals surface area (Å²) in [5.74, 6) is 0.681. The van der Waals surface area contributed by atoms with Crippen molar-refractivity contribution < 1.29 is 8.42 Å². The van der Waals surface area contributed by atoms with E-state index < -0.39 is 10.0 Å². The van der Waals surface area contributed by atoms with Gasteiger partial charge in [-0.1, -0.05) is 13.0 Å². The number of hydrogen-bond acceptors (Lipinski definition) is 3. The molecular formula is C12H17N3O2S. The van der Waals surface area contributed by atoms with Gasteiger partial charge in [-0.05, 0) is 32.4 Å². The molecule has 0 unspecified atom stereocenters. The molecule has 0 spiro atoms. The van der Waals surface area contributed by atoms with Crippen LogP contribution in [-0.4, -0.2) is 24.3 Å². The van der Waals surface area contributed by atoms with Gasteiger partial charge in [-0.15, -0.1) is 0 Å². The number of nitrogens with zero attached hydrogens (tertiary/aromatic N) is 2. The Bertz CT molecular complexity index is 674. The van der Waals surface area contributed by atoms with Crippen molar-refractivity contribution in [2.75, 3.05) is 6.54 Å². The van der Waals surface area contributed by atoms with Gasteiger partial charge in [-0.2, -0.15) is 0 Å². The van der Waals surface area contributed by atoms with Crippen LogP contribution in [0.5, 0.6) is 0 Å². The van der Waals surface area contributed by atoms with E-state index in [1.807, 2.05) is 30.4 Å². The minimum Gasteiger partial charge on any atom is -0.300 e. The number of aryl methyl sites for hydroxylation is 2. The van der Waals surface area contributed by atoms with Crippen LogP contribution in [0.25, 0.3) is 5.52 Å². The summed E-state index contributed by atoms with van der Waals surface area (Å²) in [5.41, 5.74) is 1.59. The lowest BCUT2D eigenvalue weighted by molar-refractivity contribution is 0.578. The molecule has 0 atom stereocenters. The number of sulfonamides is 1. The molecule has 0 aliphatic heterocycles. The molecule has 0 fully saturated rings. The molecule has 0 aliphatic carbocycles. The fourth-order valence-corrected chi connectivity index (χ4v) is 3.27. The maximum atomic E-state index is 12.1. The predicted octanol–water partition coefficient (Wildman–Crippen LogP) is 1.64. The van der Waals surface area contributed by atoms with Crippen molar-refractivity contribution in [1.82, 2.24) is 14.1 Å². The number of rotatable bonds is 4. The molecule has 98 valence electrons. The number of pyridine rings is 1. The summed E-state index contributed by atoms with van der Waals surface area (Å²) in [6.45, 7) is 6.08. The molecule has 5 nitrogen and oxygen atoms in total. The first-order chi connectivity index (χ1) is 8.47. The van der Waals surface area contributed by atoms with Gasteiger partial charge in [0.25, 0.3) is 10.0 Å². The first kappa shape index (κ1) is 13.0. The third-order valence-electron chi connectivity index (χ3n) is 2.79. The Morgan fingerprint density at radius 2 is 2.06 bits per heavy atom. The van der Waals surface area contributed by atoms with Gasteiger partial charge in [-0.3, -0.25) is 4.40 Å². The van der Waals surface area contributed by atoms with E-state index in [4.69, 9.17) is 0 Å². The van der Waals surface area contributed by atoms with Gasteiger partial charge >= 0.3 is 0 Å². The van der Waals surface area contributed by atoms with Gasteiger partial charge in [0, 0.05) is 12.2 Å². The van der Waals surface area contributed by atoms with Crippen molar-refractivity contribution in [3.8, 4) is 0 Å². The summed E-state index contributed by atoms with van der Waals surface area (Å²) in [6.07, 6.45) is 0.753. The van der Waals surface area contributed by atoms with Crippen LogP contribution in [-0.2, 0) is 10.0 Å². The molecule has 0 radical (unpaired) electrons. The molecule has 2 aromatic heterocycles. The summed E-state index contributed by atoms with van der Waals surface area (Å²) in [6, 6.07) is 5.54. The second kappa shape index (κ2) is 4.70. The second-order valence-corrected chi connectivity index (χ2v) is 5.93. The SMILES string of the molecule is CCCNS(=O)(=O)c1nc(C)n2c(C)cccc12. The first-order valence-corrected chi connectivity index (χ1v) is 7.40. The van der Waals surface area contributed by atoms with Crippen molar-refractivity contribution in [3.05, 3.63) is 29.7 Å². The molecule has 2 aromatic rings. The molecule has 0 saturated carbocycles. The Morgan fingerprint density at radius 3 is 2.72 bits per heavy atom. The molecule has 0 saturated heterocycles. The fraction of sp³-hybridized carbons (Fsp3) is 0.417. The number of hydrogen-bond donors (Lipinski definition) is 1. The van der Waals surface area contributed by atoms with E-state index in [9.17, 15) is 8.42 Å². The van der Waals surface area contributed by atoms with E-state index in [2.05, 4.69) is 9.71 Å². The zero-order valence-corrected chi connectivity index (χ0v) is 11.6. The average molecular weight is 267 g/mol. The summed E-state index contributed by atoms with van der Waals surface area (Å²) in [7, 11) is -3.53. The minimum absolute atomic E-state index is 0.108. The largest absolute Gasteiger partial charge is 0.300 e. The van der Waals surface area contributed by atoms with Gasteiger partial charge in [0.15, 0.2) is 5.03 Å². The zero-order chi connectivity index (χ0) is 13.3. The summed E-state index contributed by atoms with van der Waals surface area (Å²) < 4.78 is 28.7. The van der Waals surface area contributed by atoms with E-state index in [0.717, 1.165) is 12.1 Å². The van der Waals surface area contributed by atoms with Crippen LogP contribution >= 0.6 is 0 Å². The quantitative estimate of drug-likeness (QED) is 0.916. The van der Waals surface area contributed by atoms with E-state index in [1.54, 1.807) is 13.0 Å². The second-order valence-electron chi connectivity index (χ2n) is 4.25. The molecule has 0 amide bonds. The molecule has 6 heteroatoms. The Labute approximate surface area is 107 Å². The molecule has 0 aliphatic rings. The lowest BCUT2D eigenvalue weighted by Gasteiger charge is -2.04. The standard InChI is InChI=1S/C12H17N3O2S/c1-4-8-13-18(16,17)12-11-7-5-6-9(2)15(11)10(3)14-12/h5-7,13H,4,8H2,1-3H3. The highest BCUT2D eigenvalue weighted by Crippen LogP contribution is 2.19. The molecule has 18 heavy (non-hydrogen) atoms. The van der Waals surface area contributed by atoms with Crippen molar-refractivity contribution in [1.29, 1.82) is 0 Å². The lowest BCUT2D eigenvalue weighted by Crippen LogP contribution is -2.24. The third kappa shape index (κ3) is 2.13. The molecule has 1 N–H and O–H groups in total. The van der Waals surface area contributed by atoms with Crippen LogP contribution in [0.1, 0.15) is 24.9 Å². The topological polar surface area (TPSA) is 63.5 Å². The minimum atomic E-state index is -3.53. The molecule has 2 heterocycles. The zero-order valence-electron chi connectivity index (χ0n) is 10.8. The number of fused-ring (bicyclic) bond motifs is 1. The number of imidazole rings is 1. The predicted molar refractivity (Wildman–Crippen MR) is 70.1 cm³/mol. The van der Waals surface area contributed by atoms with Gasteiger partial charge in [0.1, 0.15) is 5.82 Å². The Hall–Kier alpha value is -1.40. The number of aromatic nitrogens is 2. The van der Waals surface area contributed by atoms with Crippen LogP contribution in [0.4, 0.5) is 0 Å². The highest BCUT2D eigenvalue weighted by atomic mass is 32.2. The van der Waals surface area contributed by atoms with E-state index >= 15 is 0 Å². The molecule has 0 aromatic carbocycles. The van der Waals surface area contributed by atoms with Crippen molar-refractivity contribution in [3.63, 3.8) is 0 Å². The first-order valence-electron chi connectivity index (χ1n) is 5.91. The molecule has 2 rings (SSSR count). The maximum absolute atomic E-state index is 12.1. The van der Waals surface area contributed by atoms with Gasteiger partial charge in [0.05, 0.1) is 5.52 Å². The summed E-state index contributed by atoms with van der Waals surface area (Å²) in [5, 5.41) is 0.108. The van der Waals surface area contributed by atoms with Crippen LogP contribution in [0.3, 0.4) is 0 Å². The third-order valence-corrected chi connectivity index (χ3v) is 4.18. The van der Waals surface area contributed by atoms with Gasteiger partial charge in [0.2, 0.25) is 0 Å². The highest BCUT2D eigenvalue weighted by molar-refractivity contribution is 7.89. The highest BCUT2D eigenvalue weighted by Gasteiger charge is 2.21. The Kier molecular flexibility index (Phi) is 3.41. The van der Waals surface area contributed by atoms with Gasteiger partial charge < -0.3 is 0 Å². The smallest absolute Gasteiger partial charge is 0.260 e. The Balaban J connectivity index is 2.63. The molecule has 0 bridgehead atoms.